The number of anilines is 3. The van der Waals surface area contributed by atoms with E-state index in [0.717, 1.165) is 5.56 Å². The Balaban J connectivity index is 1.82. The van der Waals surface area contributed by atoms with Crippen molar-refractivity contribution >= 4 is 28.9 Å². The first-order valence-electron chi connectivity index (χ1n) is 8.91. The zero-order valence-corrected chi connectivity index (χ0v) is 15.0. The monoisotopic (exact) mass is 373 g/mol. The van der Waals surface area contributed by atoms with Gasteiger partial charge in [0, 0.05) is 16.9 Å². The van der Waals surface area contributed by atoms with Crippen LogP contribution in [-0.2, 0) is 10.5 Å². The number of aryl methyl sites for hydroxylation is 1. The maximum Gasteiger partial charge on any atom is 0.276 e. The molecule has 0 saturated carbocycles. The van der Waals surface area contributed by atoms with Crippen molar-refractivity contribution in [3.8, 4) is 0 Å². The fourth-order valence-electron chi connectivity index (χ4n) is 4.01. The minimum absolute atomic E-state index is 0.328. The van der Waals surface area contributed by atoms with Crippen LogP contribution in [0.1, 0.15) is 21.5 Å². The van der Waals surface area contributed by atoms with Gasteiger partial charge in [-0.2, -0.15) is 0 Å². The number of fused-ring (bicyclic) bond motifs is 3. The molecule has 3 aromatic rings. The Hall–Kier alpha value is -3.67. The van der Waals surface area contributed by atoms with Gasteiger partial charge in [0.2, 0.25) is 5.66 Å². The first-order chi connectivity index (χ1) is 13.5. The van der Waals surface area contributed by atoms with Gasteiger partial charge < -0.3 is 10.6 Å². The van der Waals surface area contributed by atoms with E-state index in [-0.39, 0.29) is 11.8 Å². The first kappa shape index (κ1) is 16.5. The van der Waals surface area contributed by atoms with Gasteiger partial charge in [0.1, 0.15) is 5.82 Å². The zero-order chi connectivity index (χ0) is 19.5. The lowest BCUT2D eigenvalue weighted by Crippen LogP contribution is -2.61. The molecular formula is C22H16FN3O2. The van der Waals surface area contributed by atoms with Crippen LogP contribution in [-0.4, -0.2) is 11.8 Å². The van der Waals surface area contributed by atoms with Crippen molar-refractivity contribution in [3.63, 3.8) is 0 Å². The van der Waals surface area contributed by atoms with Crippen LogP contribution >= 0.6 is 0 Å². The van der Waals surface area contributed by atoms with Gasteiger partial charge in [-0.3, -0.25) is 14.5 Å². The van der Waals surface area contributed by atoms with Crippen molar-refractivity contribution in [1.29, 1.82) is 0 Å². The molecule has 0 bridgehead atoms. The summed E-state index contributed by atoms with van der Waals surface area (Å²) in [6, 6.07) is 18.2. The number of amides is 2. The van der Waals surface area contributed by atoms with Gasteiger partial charge in [-0.25, -0.2) is 4.39 Å². The van der Waals surface area contributed by atoms with E-state index in [4.69, 9.17) is 0 Å². The van der Waals surface area contributed by atoms with Gasteiger partial charge in [0.05, 0.1) is 11.3 Å². The molecule has 2 aliphatic rings. The number of halogens is 1. The van der Waals surface area contributed by atoms with E-state index in [1.165, 1.54) is 29.2 Å². The number of para-hydroxylation sites is 2. The number of hydrogen-bond acceptors (Lipinski definition) is 3. The summed E-state index contributed by atoms with van der Waals surface area (Å²) in [7, 11) is 0. The predicted molar refractivity (Wildman–Crippen MR) is 105 cm³/mol. The Morgan fingerprint density at radius 2 is 1.68 bits per heavy atom. The molecule has 1 atom stereocenters. The van der Waals surface area contributed by atoms with Gasteiger partial charge in [-0.1, -0.05) is 30.3 Å². The molecule has 1 spiro atoms. The van der Waals surface area contributed by atoms with Crippen molar-refractivity contribution in [2.45, 2.75) is 12.6 Å². The summed E-state index contributed by atoms with van der Waals surface area (Å²) in [6.45, 7) is 1.90. The highest BCUT2D eigenvalue weighted by Gasteiger charge is 2.57. The van der Waals surface area contributed by atoms with Crippen LogP contribution in [0.3, 0.4) is 0 Å². The second-order valence-electron chi connectivity index (χ2n) is 6.95. The third kappa shape index (κ3) is 2.05. The predicted octanol–water partition coefficient (Wildman–Crippen LogP) is 4.01. The quantitative estimate of drug-likeness (QED) is 0.678. The Bertz CT molecular complexity index is 1140. The average molecular weight is 373 g/mol. The molecule has 0 aliphatic carbocycles. The number of carbonyl (C=O) groups excluding carboxylic acids is 2. The topological polar surface area (TPSA) is 61.4 Å². The summed E-state index contributed by atoms with van der Waals surface area (Å²) in [5.41, 5.74) is 2.24. The molecule has 5 nitrogen and oxygen atoms in total. The van der Waals surface area contributed by atoms with Gasteiger partial charge >= 0.3 is 0 Å². The molecule has 0 aromatic heterocycles. The second kappa shape index (κ2) is 5.66. The number of hydrogen-bond donors (Lipinski definition) is 2. The maximum absolute atomic E-state index is 13.5. The smallest absolute Gasteiger partial charge is 0.276 e. The molecular weight excluding hydrogens is 357 g/mol. The van der Waals surface area contributed by atoms with Gasteiger partial charge in [0.15, 0.2) is 0 Å². The van der Waals surface area contributed by atoms with Crippen LogP contribution in [0.15, 0.2) is 66.7 Å². The normalized spacial score (nSPS) is 19.9. The largest absolute Gasteiger partial charge is 0.350 e. The van der Waals surface area contributed by atoms with Crippen LogP contribution in [0, 0.1) is 12.7 Å². The zero-order valence-electron chi connectivity index (χ0n) is 15.0. The molecule has 0 radical (unpaired) electrons. The molecule has 2 N–H and O–H groups in total. The molecule has 2 amide bonds. The molecule has 1 unspecified atom stereocenters. The van der Waals surface area contributed by atoms with E-state index in [1.54, 1.807) is 18.2 Å². The molecule has 6 heteroatoms. The number of benzene rings is 3. The Labute approximate surface area is 160 Å². The molecule has 0 saturated heterocycles. The minimum atomic E-state index is -1.45. The Kier molecular flexibility index (Phi) is 3.34. The summed E-state index contributed by atoms with van der Waals surface area (Å²) in [6.07, 6.45) is 0. The summed E-state index contributed by atoms with van der Waals surface area (Å²) in [4.78, 5) is 28.3. The average Bonchev–Trinajstić information content (AvgIpc) is 2.97. The fourth-order valence-corrected chi connectivity index (χ4v) is 4.01. The van der Waals surface area contributed by atoms with E-state index in [2.05, 4.69) is 10.6 Å². The van der Waals surface area contributed by atoms with Crippen LogP contribution in [0.25, 0.3) is 0 Å². The van der Waals surface area contributed by atoms with Crippen molar-refractivity contribution in [2.75, 3.05) is 15.5 Å². The first-order valence-corrected chi connectivity index (χ1v) is 8.91. The third-order valence-electron chi connectivity index (χ3n) is 5.33. The number of rotatable bonds is 1. The van der Waals surface area contributed by atoms with Gasteiger partial charge in [-0.15, -0.1) is 0 Å². The molecule has 2 aliphatic heterocycles. The number of carbonyl (C=O) groups is 2. The Morgan fingerprint density at radius 3 is 2.46 bits per heavy atom. The lowest BCUT2D eigenvalue weighted by atomic mass is 9.91. The minimum Gasteiger partial charge on any atom is -0.350 e. The molecule has 0 fully saturated rings. The highest BCUT2D eigenvalue weighted by atomic mass is 19.1. The molecule has 28 heavy (non-hydrogen) atoms. The second-order valence-corrected chi connectivity index (χ2v) is 6.95. The number of nitrogens with one attached hydrogen (secondary N) is 2. The van der Waals surface area contributed by atoms with E-state index in [9.17, 15) is 14.0 Å². The van der Waals surface area contributed by atoms with Crippen molar-refractivity contribution in [3.05, 3.63) is 89.2 Å². The summed E-state index contributed by atoms with van der Waals surface area (Å²) in [5, 5.41) is 6.22. The fraction of sp³-hybridized carbons (Fsp3) is 0.0909. The van der Waals surface area contributed by atoms with Gasteiger partial charge in [0.25, 0.3) is 11.8 Å². The van der Waals surface area contributed by atoms with Crippen molar-refractivity contribution < 1.29 is 14.0 Å². The Morgan fingerprint density at radius 1 is 0.929 bits per heavy atom. The molecule has 2 heterocycles. The van der Waals surface area contributed by atoms with E-state index in [1.807, 2.05) is 31.2 Å². The van der Waals surface area contributed by atoms with Crippen LogP contribution < -0.4 is 15.5 Å². The summed E-state index contributed by atoms with van der Waals surface area (Å²) >= 11 is 0. The lowest BCUT2D eigenvalue weighted by Gasteiger charge is -2.44. The molecule has 138 valence electrons. The van der Waals surface area contributed by atoms with Gasteiger partial charge in [-0.05, 0) is 48.9 Å². The van der Waals surface area contributed by atoms with E-state index in [0.29, 0.717) is 28.2 Å². The van der Waals surface area contributed by atoms with E-state index < -0.39 is 11.5 Å². The lowest BCUT2D eigenvalue weighted by molar-refractivity contribution is -0.119. The SMILES string of the molecule is Cc1cccc2c1NC(=O)C21Nc2ccccc2C(=O)N1c1ccc(F)cc1. The van der Waals surface area contributed by atoms with Crippen LogP contribution in [0.2, 0.25) is 0 Å². The highest BCUT2D eigenvalue weighted by molar-refractivity contribution is 6.22. The summed E-state index contributed by atoms with van der Waals surface area (Å²) < 4.78 is 13.5. The van der Waals surface area contributed by atoms with E-state index >= 15 is 0 Å². The summed E-state index contributed by atoms with van der Waals surface area (Å²) in [5.74, 6) is -1.10. The van der Waals surface area contributed by atoms with Crippen molar-refractivity contribution in [2.24, 2.45) is 0 Å². The molecule has 5 rings (SSSR count). The third-order valence-corrected chi connectivity index (χ3v) is 5.33. The standard InChI is InChI=1S/C22H16FN3O2/c1-13-5-4-7-17-19(13)24-21(28)22(17)25-18-8-3-2-6-16(18)20(27)26(22)15-11-9-14(23)10-12-15/h2-12,25H,1H3,(H,24,28). The highest BCUT2D eigenvalue weighted by Crippen LogP contribution is 2.47. The van der Waals surface area contributed by atoms with Crippen LogP contribution in [0.5, 0.6) is 0 Å². The maximum atomic E-state index is 13.5. The van der Waals surface area contributed by atoms with Crippen molar-refractivity contribution in [1.82, 2.24) is 0 Å². The number of nitrogens with zero attached hydrogens (tertiary/aromatic N) is 1. The van der Waals surface area contributed by atoms with Crippen LogP contribution in [0.4, 0.5) is 21.5 Å². The molecule has 3 aromatic carbocycles.